The van der Waals surface area contributed by atoms with Gasteiger partial charge in [0, 0.05) is 6.54 Å². The van der Waals surface area contributed by atoms with Gasteiger partial charge in [-0.1, -0.05) is 81.8 Å². The maximum atomic E-state index is 13.8. The van der Waals surface area contributed by atoms with Crippen LogP contribution in [0.4, 0.5) is 5.69 Å². The van der Waals surface area contributed by atoms with Crippen LogP contribution in [0, 0.1) is 6.92 Å². The number of aryl methyl sites for hydroxylation is 1. The Labute approximate surface area is 214 Å². The minimum Gasteiger partial charge on any atom is -0.476 e. The van der Waals surface area contributed by atoms with Crippen molar-refractivity contribution in [3.8, 4) is 5.75 Å². The lowest BCUT2D eigenvalue weighted by Crippen LogP contribution is -2.51. The van der Waals surface area contributed by atoms with E-state index in [4.69, 9.17) is 4.74 Å². The summed E-state index contributed by atoms with van der Waals surface area (Å²) in [6.07, 6.45) is -0.971. The second-order valence-electron chi connectivity index (χ2n) is 10.4. The molecule has 0 radical (unpaired) electrons. The van der Waals surface area contributed by atoms with Crippen LogP contribution in [0.1, 0.15) is 50.3 Å². The molecule has 4 rings (SSSR count). The summed E-state index contributed by atoms with van der Waals surface area (Å²) in [5.74, 6) is 0.140. The lowest BCUT2D eigenvalue weighted by molar-refractivity contribution is -0.127. The topological polar surface area (TPSA) is 75.7 Å². The first kappa shape index (κ1) is 25.8. The highest BCUT2D eigenvalue weighted by atomic mass is 32.2. The molecule has 0 aromatic heterocycles. The average Bonchev–Trinajstić information content (AvgIpc) is 2.86. The standard InChI is InChI=1S/C29H34N2O4S/c1-20-11-14-24(15-12-20)36(33,34)31-19-27(28(32)30-18-21(2)22-9-7-6-8-10-22)35-26-16-13-23(17-25(26)31)29(3,4)5/h6-17,21,27H,18-19H2,1-5H3,(H,30,32)/t21-,27+/m0/s1. The van der Waals surface area contributed by atoms with Crippen molar-refractivity contribution >= 4 is 21.6 Å². The van der Waals surface area contributed by atoms with Gasteiger partial charge < -0.3 is 10.1 Å². The largest absolute Gasteiger partial charge is 0.476 e. The summed E-state index contributed by atoms with van der Waals surface area (Å²) < 4.78 is 34.9. The Morgan fingerprint density at radius 1 is 1.06 bits per heavy atom. The summed E-state index contributed by atoms with van der Waals surface area (Å²) >= 11 is 0. The van der Waals surface area contributed by atoms with Gasteiger partial charge in [-0.15, -0.1) is 0 Å². The molecule has 2 atom stereocenters. The van der Waals surface area contributed by atoms with Crippen LogP contribution in [0.5, 0.6) is 5.75 Å². The molecule has 0 bridgehead atoms. The first-order valence-electron chi connectivity index (χ1n) is 12.2. The van der Waals surface area contributed by atoms with E-state index in [0.29, 0.717) is 18.0 Å². The Balaban J connectivity index is 1.64. The van der Waals surface area contributed by atoms with E-state index in [1.165, 1.54) is 4.31 Å². The zero-order valence-corrected chi connectivity index (χ0v) is 22.3. The number of amides is 1. The van der Waals surface area contributed by atoms with Crippen molar-refractivity contribution in [3.63, 3.8) is 0 Å². The lowest BCUT2D eigenvalue weighted by Gasteiger charge is -2.36. The molecule has 1 N–H and O–H groups in total. The molecule has 7 heteroatoms. The van der Waals surface area contributed by atoms with E-state index in [0.717, 1.165) is 16.7 Å². The van der Waals surface area contributed by atoms with Crippen molar-refractivity contribution in [3.05, 3.63) is 89.5 Å². The molecular weight excluding hydrogens is 472 g/mol. The van der Waals surface area contributed by atoms with Gasteiger partial charge >= 0.3 is 0 Å². The van der Waals surface area contributed by atoms with Gasteiger partial charge in [0.15, 0.2) is 6.10 Å². The Morgan fingerprint density at radius 2 is 1.72 bits per heavy atom. The van der Waals surface area contributed by atoms with Crippen LogP contribution in [-0.2, 0) is 20.2 Å². The molecule has 0 saturated carbocycles. The molecule has 0 saturated heterocycles. The van der Waals surface area contributed by atoms with E-state index in [1.807, 2.05) is 56.3 Å². The summed E-state index contributed by atoms with van der Waals surface area (Å²) in [6, 6.07) is 22.2. The van der Waals surface area contributed by atoms with Gasteiger partial charge in [-0.05, 0) is 53.6 Å². The number of nitrogens with one attached hydrogen (secondary N) is 1. The SMILES string of the molecule is Cc1ccc(S(=O)(=O)N2C[C@H](C(=O)NC[C@H](C)c3ccccc3)Oc3ccc(C(C)(C)C)cc32)cc1. The van der Waals surface area contributed by atoms with E-state index in [1.54, 1.807) is 30.3 Å². The second kappa shape index (κ2) is 9.97. The quantitative estimate of drug-likeness (QED) is 0.501. The van der Waals surface area contributed by atoms with Crippen LogP contribution < -0.4 is 14.4 Å². The first-order valence-corrected chi connectivity index (χ1v) is 13.6. The Bertz CT molecular complexity index is 1330. The number of ether oxygens (including phenoxy) is 1. The van der Waals surface area contributed by atoms with E-state index in [-0.39, 0.29) is 28.7 Å². The van der Waals surface area contributed by atoms with Crippen LogP contribution in [0.15, 0.2) is 77.7 Å². The number of nitrogens with zero attached hydrogens (tertiary/aromatic N) is 1. The molecule has 1 amide bonds. The van der Waals surface area contributed by atoms with E-state index >= 15 is 0 Å². The summed E-state index contributed by atoms with van der Waals surface area (Å²) in [5, 5.41) is 2.95. The van der Waals surface area contributed by atoms with Crippen LogP contribution in [0.3, 0.4) is 0 Å². The lowest BCUT2D eigenvalue weighted by atomic mass is 9.86. The molecular formula is C29H34N2O4S. The maximum absolute atomic E-state index is 13.8. The highest BCUT2D eigenvalue weighted by Crippen LogP contribution is 2.40. The van der Waals surface area contributed by atoms with Gasteiger partial charge in [0.1, 0.15) is 5.75 Å². The second-order valence-corrected chi connectivity index (χ2v) is 12.3. The van der Waals surface area contributed by atoms with E-state index in [2.05, 4.69) is 26.1 Å². The molecule has 1 aliphatic rings. The molecule has 6 nitrogen and oxygen atoms in total. The number of sulfonamides is 1. The minimum atomic E-state index is -3.92. The summed E-state index contributed by atoms with van der Waals surface area (Å²) in [4.78, 5) is 13.3. The maximum Gasteiger partial charge on any atom is 0.264 e. The monoisotopic (exact) mass is 506 g/mol. The van der Waals surface area contributed by atoms with Crippen LogP contribution in [0.25, 0.3) is 0 Å². The number of hydrogen-bond acceptors (Lipinski definition) is 4. The van der Waals surface area contributed by atoms with Gasteiger partial charge in [-0.2, -0.15) is 0 Å². The molecule has 1 aliphatic heterocycles. The fourth-order valence-electron chi connectivity index (χ4n) is 4.19. The van der Waals surface area contributed by atoms with Gasteiger partial charge in [0.25, 0.3) is 15.9 Å². The number of benzene rings is 3. The Hall–Kier alpha value is -3.32. The number of hydrogen-bond donors (Lipinski definition) is 1. The predicted molar refractivity (Wildman–Crippen MR) is 143 cm³/mol. The van der Waals surface area contributed by atoms with Crippen LogP contribution in [0.2, 0.25) is 0 Å². The van der Waals surface area contributed by atoms with Crippen molar-refractivity contribution in [1.29, 1.82) is 0 Å². The van der Waals surface area contributed by atoms with E-state index in [9.17, 15) is 13.2 Å². The molecule has 0 fully saturated rings. The zero-order valence-electron chi connectivity index (χ0n) is 21.5. The molecule has 190 valence electrons. The zero-order chi connectivity index (χ0) is 26.1. The third kappa shape index (κ3) is 5.41. The Morgan fingerprint density at radius 3 is 2.36 bits per heavy atom. The Kier molecular flexibility index (Phi) is 7.14. The number of carbonyl (C=O) groups is 1. The van der Waals surface area contributed by atoms with Crippen LogP contribution in [-0.4, -0.2) is 33.5 Å². The van der Waals surface area contributed by atoms with Gasteiger partial charge in [0.05, 0.1) is 17.1 Å². The summed E-state index contributed by atoms with van der Waals surface area (Å²) in [7, 11) is -3.92. The molecule has 0 spiro atoms. The smallest absolute Gasteiger partial charge is 0.264 e. The molecule has 3 aromatic rings. The number of anilines is 1. The van der Waals surface area contributed by atoms with Crippen molar-refractivity contribution in [2.24, 2.45) is 0 Å². The number of fused-ring (bicyclic) bond motifs is 1. The molecule has 0 aliphatic carbocycles. The summed E-state index contributed by atoms with van der Waals surface area (Å²) in [6.45, 7) is 10.5. The van der Waals surface area contributed by atoms with Crippen molar-refractivity contribution in [2.75, 3.05) is 17.4 Å². The highest BCUT2D eigenvalue weighted by Gasteiger charge is 2.38. The predicted octanol–water partition coefficient (Wildman–Crippen LogP) is 5.17. The van der Waals surface area contributed by atoms with E-state index < -0.39 is 16.1 Å². The molecule has 36 heavy (non-hydrogen) atoms. The normalized spacial score (nSPS) is 16.6. The fraction of sp³-hybridized carbons (Fsp3) is 0.345. The van der Waals surface area contributed by atoms with Crippen LogP contribution >= 0.6 is 0 Å². The van der Waals surface area contributed by atoms with Gasteiger partial charge in [-0.25, -0.2) is 8.42 Å². The molecule has 0 unspecified atom stereocenters. The van der Waals surface area contributed by atoms with Gasteiger partial charge in [-0.3, -0.25) is 9.10 Å². The molecule has 1 heterocycles. The fourth-order valence-corrected chi connectivity index (χ4v) is 5.65. The van der Waals surface area contributed by atoms with Crippen molar-refractivity contribution in [2.45, 2.75) is 57.0 Å². The number of carbonyl (C=O) groups excluding carboxylic acids is 1. The van der Waals surface area contributed by atoms with Crippen molar-refractivity contribution in [1.82, 2.24) is 5.32 Å². The minimum absolute atomic E-state index is 0.104. The third-order valence-corrected chi connectivity index (χ3v) is 8.34. The summed E-state index contributed by atoms with van der Waals surface area (Å²) in [5.41, 5.74) is 3.33. The third-order valence-electron chi connectivity index (χ3n) is 6.55. The van der Waals surface area contributed by atoms with Gasteiger partial charge in [0.2, 0.25) is 0 Å². The van der Waals surface area contributed by atoms with Crippen molar-refractivity contribution < 1.29 is 17.9 Å². The average molecular weight is 507 g/mol. The molecule has 3 aromatic carbocycles. The highest BCUT2D eigenvalue weighted by molar-refractivity contribution is 7.92. The first-order chi connectivity index (χ1) is 17.0. The number of rotatable bonds is 6.